The highest BCUT2D eigenvalue weighted by molar-refractivity contribution is 5.82. The summed E-state index contributed by atoms with van der Waals surface area (Å²) in [5.74, 6) is 0.0265. The molecule has 0 bridgehead atoms. The molecule has 26 heavy (non-hydrogen) atoms. The zero-order valence-electron chi connectivity index (χ0n) is 16.5. The summed E-state index contributed by atoms with van der Waals surface area (Å²) in [5.41, 5.74) is 9.12. The average molecular weight is 357 g/mol. The molecule has 0 aliphatic carbocycles. The van der Waals surface area contributed by atoms with Crippen LogP contribution in [-0.4, -0.2) is 40.6 Å². The third-order valence-electron chi connectivity index (χ3n) is 4.72. The van der Waals surface area contributed by atoms with Gasteiger partial charge in [-0.2, -0.15) is 5.10 Å². The van der Waals surface area contributed by atoms with Gasteiger partial charge in [-0.3, -0.25) is 9.89 Å². The SMILES string of the molecule is CN(CCCCCc1cc(-c2ccccc2)n[nH]1)C(=O)[C@@H](N)C(C)(C)C. The van der Waals surface area contributed by atoms with Gasteiger partial charge in [0, 0.05) is 24.8 Å². The van der Waals surface area contributed by atoms with Gasteiger partial charge in [-0.15, -0.1) is 0 Å². The minimum Gasteiger partial charge on any atom is -0.344 e. The van der Waals surface area contributed by atoms with Gasteiger partial charge in [0.05, 0.1) is 11.7 Å². The van der Waals surface area contributed by atoms with Gasteiger partial charge in [-0.1, -0.05) is 57.5 Å². The van der Waals surface area contributed by atoms with Gasteiger partial charge >= 0.3 is 0 Å². The molecule has 142 valence electrons. The van der Waals surface area contributed by atoms with E-state index in [2.05, 4.69) is 28.4 Å². The van der Waals surface area contributed by atoms with Gasteiger partial charge in [0.2, 0.25) is 5.91 Å². The second-order valence-corrected chi connectivity index (χ2v) is 8.06. The van der Waals surface area contributed by atoms with Crippen molar-refractivity contribution in [2.45, 2.75) is 52.5 Å². The van der Waals surface area contributed by atoms with Crippen LogP contribution < -0.4 is 5.73 Å². The first kappa shape index (κ1) is 20.2. The number of nitrogens with two attached hydrogens (primary N) is 1. The fourth-order valence-corrected chi connectivity index (χ4v) is 2.81. The van der Waals surface area contributed by atoms with E-state index in [-0.39, 0.29) is 11.3 Å². The van der Waals surface area contributed by atoms with Crippen LogP contribution in [-0.2, 0) is 11.2 Å². The van der Waals surface area contributed by atoms with Gasteiger partial charge in [-0.25, -0.2) is 0 Å². The molecule has 1 atom stereocenters. The maximum atomic E-state index is 12.3. The molecule has 0 aliphatic rings. The molecule has 1 aromatic heterocycles. The molecule has 0 radical (unpaired) electrons. The highest BCUT2D eigenvalue weighted by atomic mass is 16.2. The van der Waals surface area contributed by atoms with Crippen molar-refractivity contribution in [3.63, 3.8) is 0 Å². The first-order chi connectivity index (χ1) is 12.3. The molecular weight excluding hydrogens is 324 g/mol. The van der Waals surface area contributed by atoms with Gasteiger partial charge in [-0.05, 0) is 30.7 Å². The number of aromatic nitrogens is 2. The van der Waals surface area contributed by atoms with Crippen molar-refractivity contribution in [2.75, 3.05) is 13.6 Å². The number of amides is 1. The van der Waals surface area contributed by atoms with Gasteiger partial charge < -0.3 is 10.6 Å². The number of unbranched alkanes of at least 4 members (excludes halogenated alkanes) is 2. The van der Waals surface area contributed by atoms with Crippen LogP contribution in [0.15, 0.2) is 36.4 Å². The molecule has 5 nitrogen and oxygen atoms in total. The number of carbonyl (C=O) groups is 1. The molecule has 0 unspecified atom stereocenters. The van der Waals surface area contributed by atoms with Crippen molar-refractivity contribution < 1.29 is 4.79 Å². The molecule has 0 aliphatic heterocycles. The van der Waals surface area contributed by atoms with Crippen LogP contribution in [0.1, 0.15) is 45.7 Å². The van der Waals surface area contributed by atoms with Crippen molar-refractivity contribution in [3.8, 4) is 11.3 Å². The van der Waals surface area contributed by atoms with Crippen LogP contribution in [0.2, 0.25) is 0 Å². The molecule has 1 amide bonds. The molecule has 3 N–H and O–H groups in total. The zero-order valence-corrected chi connectivity index (χ0v) is 16.5. The van der Waals surface area contributed by atoms with Crippen molar-refractivity contribution in [1.29, 1.82) is 0 Å². The third-order valence-corrected chi connectivity index (χ3v) is 4.72. The quantitative estimate of drug-likeness (QED) is 0.709. The number of hydrogen-bond acceptors (Lipinski definition) is 3. The smallest absolute Gasteiger partial charge is 0.239 e. The Balaban J connectivity index is 1.70. The van der Waals surface area contributed by atoms with Crippen LogP contribution in [0.4, 0.5) is 0 Å². The van der Waals surface area contributed by atoms with Gasteiger partial charge in [0.1, 0.15) is 0 Å². The summed E-state index contributed by atoms with van der Waals surface area (Å²) >= 11 is 0. The van der Waals surface area contributed by atoms with Crippen molar-refractivity contribution in [1.82, 2.24) is 15.1 Å². The second kappa shape index (κ2) is 8.99. The van der Waals surface area contributed by atoms with Crippen LogP contribution in [0, 0.1) is 5.41 Å². The number of carbonyl (C=O) groups excluding carboxylic acids is 1. The zero-order chi connectivity index (χ0) is 19.2. The Morgan fingerprint density at radius 1 is 1.19 bits per heavy atom. The predicted molar refractivity (Wildman–Crippen MR) is 107 cm³/mol. The topological polar surface area (TPSA) is 75.0 Å². The molecule has 5 heteroatoms. The number of nitrogens with zero attached hydrogens (tertiary/aromatic N) is 2. The van der Waals surface area contributed by atoms with E-state index in [1.54, 1.807) is 4.90 Å². The number of rotatable bonds is 8. The molecule has 2 aromatic rings. The second-order valence-electron chi connectivity index (χ2n) is 8.06. The Morgan fingerprint density at radius 2 is 1.88 bits per heavy atom. The van der Waals surface area contributed by atoms with E-state index in [1.165, 1.54) is 0 Å². The molecule has 1 aromatic carbocycles. The lowest BCUT2D eigenvalue weighted by molar-refractivity contribution is -0.133. The summed E-state index contributed by atoms with van der Waals surface area (Å²) in [4.78, 5) is 14.1. The fourth-order valence-electron chi connectivity index (χ4n) is 2.81. The Hall–Kier alpha value is -2.14. The van der Waals surface area contributed by atoms with Crippen molar-refractivity contribution in [3.05, 3.63) is 42.1 Å². The Labute approximate surface area is 157 Å². The highest BCUT2D eigenvalue weighted by Gasteiger charge is 2.29. The Morgan fingerprint density at radius 3 is 2.54 bits per heavy atom. The Bertz CT molecular complexity index is 688. The van der Waals surface area contributed by atoms with Gasteiger partial charge in [0.15, 0.2) is 0 Å². The maximum Gasteiger partial charge on any atom is 0.239 e. The Kier molecular flexibility index (Phi) is 6.98. The number of likely N-dealkylation sites (N-methyl/N-ethyl adjacent to an activating group) is 1. The third kappa shape index (κ3) is 5.70. The molecule has 2 rings (SSSR count). The molecule has 0 saturated carbocycles. The minimum atomic E-state index is -0.450. The first-order valence-corrected chi connectivity index (χ1v) is 9.39. The lowest BCUT2D eigenvalue weighted by Crippen LogP contribution is -2.49. The summed E-state index contributed by atoms with van der Waals surface area (Å²) in [7, 11) is 1.84. The standard InChI is InChI=1S/C21H32N4O/c1-21(2,3)19(22)20(26)25(4)14-10-6-9-13-17-15-18(24-23-17)16-11-7-5-8-12-16/h5,7-8,11-12,15,19H,6,9-10,13-14,22H2,1-4H3,(H,23,24)/t19-/m1/s1. The largest absolute Gasteiger partial charge is 0.344 e. The highest BCUT2D eigenvalue weighted by Crippen LogP contribution is 2.19. The summed E-state index contributed by atoms with van der Waals surface area (Å²) in [6.45, 7) is 6.74. The molecule has 1 heterocycles. The first-order valence-electron chi connectivity index (χ1n) is 9.39. The minimum absolute atomic E-state index is 0.0265. The van der Waals surface area contributed by atoms with Gasteiger partial charge in [0.25, 0.3) is 0 Å². The molecule has 0 spiro atoms. The van der Waals surface area contributed by atoms with Crippen molar-refractivity contribution in [2.24, 2.45) is 11.1 Å². The summed E-state index contributed by atoms with van der Waals surface area (Å²) in [6.07, 6.45) is 4.10. The number of aromatic amines is 1. The normalized spacial score (nSPS) is 12.8. The van der Waals surface area contributed by atoms with Crippen LogP contribution >= 0.6 is 0 Å². The fraction of sp³-hybridized carbons (Fsp3) is 0.524. The molecule has 0 saturated heterocycles. The number of aryl methyl sites for hydroxylation is 1. The van der Waals surface area contributed by atoms with E-state index < -0.39 is 6.04 Å². The monoisotopic (exact) mass is 356 g/mol. The lowest BCUT2D eigenvalue weighted by Gasteiger charge is -2.30. The number of benzene rings is 1. The van der Waals surface area contributed by atoms with E-state index in [1.807, 2.05) is 46.0 Å². The van der Waals surface area contributed by atoms with E-state index in [0.29, 0.717) is 0 Å². The maximum absolute atomic E-state index is 12.3. The summed E-state index contributed by atoms with van der Waals surface area (Å²) in [5, 5.41) is 7.51. The van der Waals surface area contributed by atoms with E-state index in [9.17, 15) is 4.79 Å². The van der Waals surface area contributed by atoms with E-state index in [4.69, 9.17) is 5.73 Å². The number of hydrogen-bond donors (Lipinski definition) is 2. The molecule has 0 fully saturated rings. The summed E-state index contributed by atoms with van der Waals surface area (Å²) < 4.78 is 0. The van der Waals surface area contributed by atoms with Crippen LogP contribution in [0.3, 0.4) is 0 Å². The van der Waals surface area contributed by atoms with Crippen LogP contribution in [0.25, 0.3) is 11.3 Å². The number of H-pyrrole nitrogens is 1. The van der Waals surface area contributed by atoms with E-state index >= 15 is 0 Å². The van der Waals surface area contributed by atoms with Crippen molar-refractivity contribution >= 4 is 5.91 Å². The lowest BCUT2D eigenvalue weighted by atomic mass is 9.86. The number of nitrogens with one attached hydrogen (secondary N) is 1. The average Bonchev–Trinajstić information content (AvgIpc) is 3.09. The van der Waals surface area contributed by atoms with Crippen LogP contribution in [0.5, 0.6) is 0 Å². The molecular formula is C21H32N4O. The van der Waals surface area contributed by atoms with E-state index in [0.717, 1.165) is 49.2 Å². The predicted octanol–water partition coefficient (Wildman–Crippen LogP) is 3.62. The summed E-state index contributed by atoms with van der Waals surface area (Å²) in [6, 6.07) is 11.8.